The van der Waals surface area contributed by atoms with Gasteiger partial charge >= 0.3 is 5.97 Å². The van der Waals surface area contributed by atoms with Crippen molar-refractivity contribution in [3.63, 3.8) is 0 Å². The lowest BCUT2D eigenvalue weighted by Gasteiger charge is -2.23. The number of amides is 1. The summed E-state index contributed by atoms with van der Waals surface area (Å²) < 4.78 is 17.7. The predicted molar refractivity (Wildman–Crippen MR) is 77.8 cm³/mol. The molecule has 2 unspecified atom stereocenters. The molecule has 120 valence electrons. The Bertz CT molecular complexity index is 527. The van der Waals surface area contributed by atoms with Crippen molar-refractivity contribution in [3.05, 3.63) is 35.4 Å². The number of nitrogens with one attached hydrogen (secondary N) is 1. The van der Waals surface area contributed by atoms with Crippen LogP contribution in [-0.4, -0.2) is 31.1 Å². The molecule has 2 atom stereocenters. The molecule has 1 amide bonds. The lowest BCUT2D eigenvalue weighted by Crippen LogP contribution is -2.46. The van der Waals surface area contributed by atoms with Gasteiger partial charge in [0.15, 0.2) is 0 Å². The Morgan fingerprint density at radius 2 is 2.18 bits per heavy atom. The molecule has 1 saturated heterocycles. The summed E-state index contributed by atoms with van der Waals surface area (Å²) in [4.78, 5) is 27.4. The van der Waals surface area contributed by atoms with Gasteiger partial charge in [0.1, 0.15) is 6.04 Å². The Hall–Kier alpha value is -1.95. The number of rotatable bonds is 4. The number of hydrogen-bond acceptors (Lipinski definition) is 4. The molecule has 22 heavy (non-hydrogen) atoms. The van der Waals surface area contributed by atoms with E-state index >= 15 is 0 Å². The molecule has 2 rings (SSSR count). The van der Waals surface area contributed by atoms with Gasteiger partial charge in [-0.15, -0.1) is 0 Å². The normalized spacial score (nSPS) is 19.8. The highest BCUT2D eigenvalue weighted by atomic mass is 19.3. The minimum Gasteiger partial charge on any atom is -0.381 e. The van der Waals surface area contributed by atoms with Gasteiger partial charge < -0.3 is 10.1 Å². The van der Waals surface area contributed by atoms with Crippen molar-refractivity contribution < 1.29 is 23.8 Å². The fourth-order valence-electron chi connectivity index (χ4n) is 2.69. The Labute approximate surface area is 128 Å². The highest BCUT2D eigenvalue weighted by Gasteiger charge is 2.32. The van der Waals surface area contributed by atoms with Gasteiger partial charge in [0.05, 0.1) is 0 Å². The summed E-state index contributed by atoms with van der Waals surface area (Å²) in [6, 6.07) is 5.98. The van der Waals surface area contributed by atoms with Crippen LogP contribution in [0.25, 0.3) is 0 Å². The maximum atomic E-state index is 12.4. The van der Waals surface area contributed by atoms with Crippen molar-refractivity contribution in [2.75, 3.05) is 13.2 Å². The summed E-state index contributed by atoms with van der Waals surface area (Å²) in [6.45, 7) is 2.97. The molecule has 1 heterocycles. The first-order valence-electron chi connectivity index (χ1n) is 7.39. The molecule has 0 aromatic heterocycles. The van der Waals surface area contributed by atoms with Crippen LogP contribution in [0.5, 0.6) is 0 Å². The van der Waals surface area contributed by atoms with Gasteiger partial charge in [0.2, 0.25) is 0 Å². The largest absolute Gasteiger partial charge is 0.381 e. The highest BCUT2D eigenvalue weighted by molar-refractivity contribution is 5.96. The van der Waals surface area contributed by atoms with E-state index in [4.69, 9.17) is 4.74 Å². The highest BCUT2D eigenvalue weighted by Crippen LogP contribution is 2.21. The minimum absolute atomic E-state index is 0.195. The summed E-state index contributed by atoms with van der Waals surface area (Å²) in [7, 11) is 0. The van der Waals surface area contributed by atoms with Crippen LogP contribution >= 0.6 is 0 Å². The first-order valence-corrected chi connectivity index (χ1v) is 7.39. The fourth-order valence-corrected chi connectivity index (χ4v) is 2.69. The van der Waals surface area contributed by atoms with Crippen LogP contribution in [0.15, 0.2) is 24.3 Å². The summed E-state index contributed by atoms with van der Waals surface area (Å²) in [5, 5.41) is 2.60. The second-order valence-corrected chi connectivity index (χ2v) is 5.52. The minimum atomic E-state index is -1.06. The maximum Gasteiger partial charge on any atom is 0.371 e. The van der Waals surface area contributed by atoms with Gasteiger partial charge in [-0.25, -0.2) is 4.79 Å². The zero-order valence-electron chi connectivity index (χ0n) is 12.5. The summed E-state index contributed by atoms with van der Waals surface area (Å²) in [5.74, 6) is -1.67. The van der Waals surface area contributed by atoms with Crippen LogP contribution in [0.2, 0.25) is 0 Å². The maximum absolute atomic E-state index is 12.4. The molecule has 0 spiro atoms. The second kappa shape index (κ2) is 7.89. The third kappa shape index (κ3) is 4.27. The number of halogens is 1. The first-order chi connectivity index (χ1) is 10.6. The average molecular weight is 309 g/mol. The van der Waals surface area contributed by atoms with E-state index in [1.165, 1.54) is 0 Å². The third-order valence-electron chi connectivity index (χ3n) is 3.86. The van der Waals surface area contributed by atoms with Gasteiger partial charge in [-0.2, -0.15) is 0 Å². The Balaban J connectivity index is 2.12. The molecular weight excluding hydrogens is 289 g/mol. The van der Waals surface area contributed by atoms with E-state index in [0.717, 1.165) is 12.0 Å². The Kier molecular flexibility index (Phi) is 5.89. The molecule has 6 heteroatoms. The lowest BCUT2D eigenvalue weighted by molar-refractivity contribution is -0.187. The zero-order valence-corrected chi connectivity index (χ0v) is 12.5. The molecule has 1 aliphatic heterocycles. The quantitative estimate of drug-likeness (QED) is 0.927. The van der Waals surface area contributed by atoms with Crippen molar-refractivity contribution in [1.82, 2.24) is 5.32 Å². The van der Waals surface area contributed by atoms with Crippen LogP contribution in [0.1, 0.15) is 35.2 Å². The SMILES string of the molecule is Cc1cccc(C(=O)NC(C(=O)OF)C2CCCOCC2)c1. The zero-order chi connectivity index (χ0) is 15.9. The molecule has 1 aromatic rings. The predicted octanol–water partition coefficient (Wildman–Crippen LogP) is 2.34. The van der Waals surface area contributed by atoms with E-state index in [2.05, 4.69) is 10.3 Å². The smallest absolute Gasteiger partial charge is 0.371 e. The van der Waals surface area contributed by atoms with Crippen molar-refractivity contribution in [3.8, 4) is 0 Å². The second-order valence-electron chi connectivity index (χ2n) is 5.52. The van der Waals surface area contributed by atoms with Crippen LogP contribution in [0.4, 0.5) is 4.53 Å². The van der Waals surface area contributed by atoms with Gasteiger partial charge in [-0.1, -0.05) is 17.7 Å². The van der Waals surface area contributed by atoms with Gasteiger partial charge in [-0.3, -0.25) is 9.74 Å². The van der Waals surface area contributed by atoms with Crippen LogP contribution in [-0.2, 0) is 14.5 Å². The van der Waals surface area contributed by atoms with Crippen molar-refractivity contribution in [2.24, 2.45) is 5.92 Å². The average Bonchev–Trinajstić information content (AvgIpc) is 2.80. The van der Waals surface area contributed by atoms with Gasteiger partial charge in [0, 0.05) is 23.3 Å². The molecule has 0 bridgehead atoms. The van der Waals surface area contributed by atoms with Crippen LogP contribution in [0.3, 0.4) is 0 Å². The number of ether oxygens (including phenoxy) is 1. The fraction of sp³-hybridized carbons (Fsp3) is 0.500. The van der Waals surface area contributed by atoms with Gasteiger partial charge in [-0.05, 0) is 44.2 Å². The summed E-state index contributed by atoms with van der Waals surface area (Å²) in [5.41, 5.74) is 1.36. The molecule has 1 N–H and O–H groups in total. The molecular formula is C16H20FNO4. The van der Waals surface area contributed by atoms with Gasteiger partial charge in [0.25, 0.3) is 5.91 Å². The molecule has 1 fully saturated rings. The van der Waals surface area contributed by atoms with E-state index in [9.17, 15) is 14.1 Å². The molecule has 1 aliphatic rings. The number of carbonyl (C=O) groups excluding carboxylic acids is 2. The summed E-state index contributed by atoms with van der Waals surface area (Å²) >= 11 is 0. The lowest BCUT2D eigenvalue weighted by atomic mass is 9.92. The number of aryl methyl sites for hydroxylation is 1. The van der Waals surface area contributed by atoms with Crippen molar-refractivity contribution >= 4 is 11.9 Å². The van der Waals surface area contributed by atoms with E-state index in [1.54, 1.807) is 18.2 Å². The number of carbonyl (C=O) groups is 2. The molecule has 0 aliphatic carbocycles. The van der Waals surface area contributed by atoms with E-state index < -0.39 is 17.9 Å². The van der Waals surface area contributed by atoms with E-state index in [0.29, 0.717) is 31.6 Å². The Morgan fingerprint density at radius 3 is 2.91 bits per heavy atom. The molecule has 1 aromatic carbocycles. The van der Waals surface area contributed by atoms with Crippen LogP contribution in [0, 0.1) is 12.8 Å². The first kappa shape index (κ1) is 16.4. The topological polar surface area (TPSA) is 64.6 Å². The van der Waals surface area contributed by atoms with Crippen molar-refractivity contribution in [2.45, 2.75) is 32.2 Å². The molecule has 5 nitrogen and oxygen atoms in total. The van der Waals surface area contributed by atoms with E-state index in [1.807, 2.05) is 13.0 Å². The van der Waals surface area contributed by atoms with Crippen LogP contribution < -0.4 is 5.32 Å². The molecule has 0 saturated carbocycles. The van der Waals surface area contributed by atoms with Crippen molar-refractivity contribution in [1.29, 1.82) is 0 Å². The summed E-state index contributed by atoms with van der Waals surface area (Å²) in [6.07, 6.45) is 2.02. The van der Waals surface area contributed by atoms with E-state index in [-0.39, 0.29) is 5.92 Å². The third-order valence-corrected chi connectivity index (χ3v) is 3.86. The number of hydrogen-bond donors (Lipinski definition) is 1. The molecule has 0 radical (unpaired) electrons. The monoisotopic (exact) mass is 309 g/mol. The number of benzene rings is 1. The standard InChI is InChI=1S/C16H20FNO4/c1-11-4-2-5-13(10-11)15(19)18-14(16(20)22-17)12-6-3-8-21-9-7-12/h2,4-5,10,12,14H,3,6-9H2,1H3,(H,18,19). The Morgan fingerprint density at radius 1 is 1.36 bits per heavy atom.